The minimum atomic E-state index is -1.49. The molecule has 0 unspecified atom stereocenters. The number of ether oxygens (including phenoxy) is 2. The van der Waals surface area contributed by atoms with Crippen LogP contribution in [0.25, 0.3) is 12.2 Å². The molecule has 14 rings (SSSR count). The molecule has 0 bridgehead atoms. The number of benzene rings is 9. The Hall–Kier alpha value is -9.77. The number of nitrogens with zero attached hydrogens (tertiary/aromatic N) is 2. The lowest BCUT2D eigenvalue weighted by molar-refractivity contribution is -0.439. The molecule has 123 heavy (non-hydrogen) atoms. The third kappa shape index (κ3) is 24.0. The molecule has 0 radical (unpaired) electrons. The number of unbranched alkanes of at least 4 members (excludes halogenated alkanes) is 4. The summed E-state index contributed by atoms with van der Waals surface area (Å²) in [7, 11) is -2.13. The zero-order chi connectivity index (χ0) is 89.7. The maximum atomic E-state index is 11.2. The van der Waals surface area contributed by atoms with Gasteiger partial charge < -0.3 is 43.2 Å². The summed E-state index contributed by atoms with van der Waals surface area (Å²) in [5.74, 6) is 1.13. The highest BCUT2D eigenvalue weighted by molar-refractivity contribution is 14.1. The molecule has 0 atom stereocenters. The SMILES string of the molecule is CC1(C)OB(c2ccc(CI)cc2)OC1(C)C.CC1(C)OB(c2ccc(COc3ccc(C=O)cc3C=O)cc2)OC1(C)C.CCCCC.CCCC[N+]1=C(/C=C/c2ccc(OCc3ccc(B(O)O)cc3)c(/C=C/C3=[NH+]c4ccccc4C3(C)C)c2)C(C)(C)c2ccccc21.CCCC[N+]1=C(C)C(C)(C)c2ccccc21.O=Cc1ccc(O)c(C=O)c1. The molecule has 4 N–H and O–H groups in total. The summed E-state index contributed by atoms with van der Waals surface area (Å²) < 4.78 is 42.2. The molecule has 5 aliphatic heterocycles. The van der Waals surface area contributed by atoms with E-state index in [1.54, 1.807) is 24.3 Å². The molecule has 9 aromatic carbocycles. The number of rotatable bonds is 26. The number of phenols is 1. The second kappa shape index (κ2) is 43.2. The maximum absolute atomic E-state index is 11.2. The Labute approximate surface area is 745 Å². The van der Waals surface area contributed by atoms with Crippen molar-refractivity contribution < 1.29 is 76.6 Å². The van der Waals surface area contributed by atoms with Gasteiger partial charge in [0.05, 0.1) is 49.8 Å². The number of carbonyl (C=O) groups is 4. The highest BCUT2D eigenvalue weighted by Crippen LogP contribution is 2.43. The zero-order valence-corrected chi connectivity index (χ0v) is 77.7. The molecule has 5 aliphatic rings. The highest BCUT2D eigenvalue weighted by atomic mass is 127. The van der Waals surface area contributed by atoms with Crippen LogP contribution in [0.5, 0.6) is 17.2 Å². The Morgan fingerprint density at radius 2 is 0.854 bits per heavy atom. The minimum absolute atomic E-state index is 0.0976. The van der Waals surface area contributed by atoms with Gasteiger partial charge in [-0.3, -0.25) is 19.2 Å². The van der Waals surface area contributed by atoms with Crippen LogP contribution in [0.2, 0.25) is 0 Å². The van der Waals surface area contributed by atoms with Gasteiger partial charge in [-0.25, -0.2) is 4.99 Å². The molecule has 20 heteroatoms. The minimum Gasteiger partial charge on any atom is -0.507 e. The van der Waals surface area contributed by atoms with Crippen LogP contribution in [0.1, 0.15) is 262 Å². The van der Waals surface area contributed by atoms with E-state index in [1.165, 1.54) is 101 Å². The Morgan fingerprint density at radius 1 is 0.431 bits per heavy atom. The number of phenolic OH excluding ortho intramolecular Hbond substituents is 1. The van der Waals surface area contributed by atoms with Crippen LogP contribution in [-0.4, -0.2) is 123 Å². The summed E-state index contributed by atoms with van der Waals surface area (Å²) in [4.78, 5) is 46.0. The van der Waals surface area contributed by atoms with Gasteiger partial charge in [-0.15, -0.1) is 0 Å². The van der Waals surface area contributed by atoms with Crippen LogP contribution in [0.15, 0.2) is 212 Å². The predicted molar refractivity (Wildman–Crippen MR) is 512 cm³/mol. The van der Waals surface area contributed by atoms with Gasteiger partial charge in [-0.1, -0.05) is 216 Å². The van der Waals surface area contributed by atoms with Crippen molar-refractivity contribution in [2.75, 3.05) is 13.1 Å². The number of hydrogen-bond donors (Lipinski definition) is 4. The number of para-hydroxylation sites is 3. The first-order chi connectivity index (χ1) is 58.5. The lowest BCUT2D eigenvalue weighted by Gasteiger charge is -2.32. The fourth-order valence-corrected chi connectivity index (χ4v) is 15.4. The van der Waals surface area contributed by atoms with Crippen LogP contribution < -0.4 is 30.9 Å². The van der Waals surface area contributed by atoms with Crippen LogP contribution in [-0.2, 0) is 52.5 Å². The van der Waals surface area contributed by atoms with Crippen molar-refractivity contribution in [2.45, 2.75) is 233 Å². The second-order valence-electron chi connectivity index (χ2n) is 35.4. The largest absolute Gasteiger partial charge is 0.507 e. The molecule has 5 heterocycles. The van der Waals surface area contributed by atoms with E-state index >= 15 is 0 Å². The molecule has 2 fully saturated rings. The first-order valence-electron chi connectivity index (χ1n) is 43.1. The number of aromatic hydroxyl groups is 1. The van der Waals surface area contributed by atoms with Crippen LogP contribution in [0.3, 0.4) is 0 Å². The summed E-state index contributed by atoms with van der Waals surface area (Å²) in [6.45, 7) is 44.2. The van der Waals surface area contributed by atoms with Crippen molar-refractivity contribution in [2.24, 2.45) is 0 Å². The summed E-state index contributed by atoms with van der Waals surface area (Å²) in [6.07, 6.45) is 20.2. The molecule has 16 nitrogen and oxygen atoms in total. The van der Waals surface area contributed by atoms with Crippen molar-refractivity contribution in [1.29, 1.82) is 0 Å². The lowest BCUT2D eigenvalue weighted by Crippen LogP contribution is -2.65. The second-order valence-corrected chi connectivity index (χ2v) is 36.1. The molecular weight excluding hydrogens is 1650 g/mol. The lowest BCUT2D eigenvalue weighted by atomic mass is 9.79. The molecule has 0 saturated carbocycles. The number of halogens is 1. The highest BCUT2D eigenvalue weighted by Gasteiger charge is 2.53. The van der Waals surface area contributed by atoms with E-state index in [0.29, 0.717) is 66.3 Å². The van der Waals surface area contributed by atoms with Gasteiger partial charge in [0.2, 0.25) is 17.1 Å². The molecule has 2 saturated heterocycles. The molecule has 0 aliphatic carbocycles. The number of alkyl halides is 1. The van der Waals surface area contributed by atoms with Crippen molar-refractivity contribution in [3.8, 4) is 17.2 Å². The third-order valence-electron chi connectivity index (χ3n) is 24.4. The quantitative estimate of drug-likeness (QED) is 0.0131. The average molecular weight is 1770 g/mol. The van der Waals surface area contributed by atoms with E-state index in [4.69, 9.17) is 33.2 Å². The fraction of sp³-hybridized carbons (Fsp3) is 0.369. The Kier molecular flexibility index (Phi) is 34.1. The van der Waals surface area contributed by atoms with Gasteiger partial charge in [-0.05, 0) is 196 Å². The van der Waals surface area contributed by atoms with Gasteiger partial charge in [0.15, 0.2) is 29.7 Å². The summed E-state index contributed by atoms with van der Waals surface area (Å²) in [6, 6.07) is 64.7. The first-order valence-corrected chi connectivity index (χ1v) is 44.6. The Balaban J connectivity index is 0.000000190. The maximum Gasteiger partial charge on any atom is 0.494 e. The number of fused-ring (bicyclic) bond motifs is 3. The van der Waals surface area contributed by atoms with Gasteiger partial charge in [0.25, 0.3) is 0 Å². The first kappa shape index (κ1) is 97.0. The van der Waals surface area contributed by atoms with E-state index in [-0.39, 0.29) is 57.1 Å². The Bertz CT molecular complexity index is 5240. The smallest absolute Gasteiger partial charge is 0.494 e. The van der Waals surface area contributed by atoms with Gasteiger partial charge >= 0.3 is 21.4 Å². The monoisotopic (exact) mass is 1770 g/mol. The van der Waals surface area contributed by atoms with Crippen molar-refractivity contribution in [3.63, 3.8) is 0 Å². The predicted octanol–water partition coefficient (Wildman–Crippen LogP) is 19.2. The van der Waals surface area contributed by atoms with Gasteiger partial charge in [0, 0.05) is 87.9 Å². The molecular formula is C103H126B3IN3O13+3. The van der Waals surface area contributed by atoms with E-state index < -0.39 is 14.2 Å². The third-order valence-corrected chi connectivity index (χ3v) is 25.3. The number of hydrogen-bond acceptors (Lipinski definition) is 13. The molecule has 644 valence electrons. The number of allylic oxidation sites excluding steroid dienone is 2. The normalized spacial score (nSPS) is 16.5. The van der Waals surface area contributed by atoms with Crippen molar-refractivity contribution in [1.82, 2.24) is 0 Å². The van der Waals surface area contributed by atoms with Crippen LogP contribution >= 0.6 is 22.6 Å². The fourth-order valence-electron chi connectivity index (χ4n) is 14.9. The molecule has 0 spiro atoms. The summed E-state index contributed by atoms with van der Waals surface area (Å²) in [5.41, 5.74) is 19.7. The number of aldehydes is 4. The van der Waals surface area contributed by atoms with E-state index in [0.717, 1.165) is 80.7 Å². The van der Waals surface area contributed by atoms with E-state index in [9.17, 15) is 29.2 Å². The van der Waals surface area contributed by atoms with Crippen molar-refractivity contribution >= 4 is 132 Å². The number of nitrogens with one attached hydrogen (secondary N) is 1. The van der Waals surface area contributed by atoms with Crippen LogP contribution in [0.4, 0.5) is 17.1 Å². The number of carbonyl (C=O) groups excluding carboxylic acids is 4. The average Bonchev–Trinajstić information content (AvgIpc) is 1.59. The zero-order valence-electron chi connectivity index (χ0n) is 75.6. The Morgan fingerprint density at radius 3 is 1.33 bits per heavy atom. The molecule has 9 aromatic rings. The van der Waals surface area contributed by atoms with Gasteiger partial charge in [0.1, 0.15) is 56.1 Å². The standard InChI is InChI=1S/C41H44BN2O3.C21H23BO5.C15H22N.C13H18BIO2.C8H6O3.C5H12/c1-6-7-26-44-36-15-11-9-13-34(36)41(4,5)39(44)25-19-29-18-23-37(47-28-30-16-21-32(22-17-30)42(45)46)31(27-29)20-24-38-40(2,3)33-12-8-10-14-35(33)43-38;1-20(2)21(3,4)27-22(26-20)18-8-5-15(6-9-18)14-25-19-10-7-16(12-23)11-17(19)13-24;1-5-6-11-16-12(2)15(3,4)13-9-7-8-10-14(13)16;1-12(2)13(3,4)17-14(16-12)11-7-5-10(9-15)6-8-11;9-4-6-1-2-8(11)7(3-6)5-10;1-3-5-4-2/h8-25,27,45-46H,6-7,26,28H2,1-5H3;5-13H,14H2,1-4H3;7-10H,5-6,11H2,1-4H3;5-8H,9H2,1-4H3;1-5,11H;3-5H2,1-2H3/q+1;;+1;;;/p+1/b24-20+,25-19+;;;;;. The molecule has 0 aromatic heterocycles. The summed E-state index contributed by atoms with van der Waals surface area (Å²) in [5, 5.41) is 27.9. The van der Waals surface area contributed by atoms with Crippen molar-refractivity contribution in [3.05, 3.63) is 279 Å². The summed E-state index contributed by atoms with van der Waals surface area (Å²) >= 11 is 2.36. The van der Waals surface area contributed by atoms with Gasteiger partial charge in [-0.2, -0.15) is 9.15 Å². The van der Waals surface area contributed by atoms with E-state index in [1.807, 2.05) is 70.2 Å². The van der Waals surface area contributed by atoms with E-state index in [2.05, 4.69) is 274 Å². The molecule has 0 amide bonds. The topological polar surface area (TPSA) is 204 Å². The van der Waals surface area contributed by atoms with Crippen LogP contribution in [0, 0.1) is 0 Å².